The van der Waals surface area contributed by atoms with Crippen LogP contribution < -0.4 is 5.73 Å². The van der Waals surface area contributed by atoms with Crippen LogP contribution in [0.5, 0.6) is 0 Å². The van der Waals surface area contributed by atoms with E-state index >= 15 is 0 Å². The van der Waals surface area contributed by atoms with Gasteiger partial charge < -0.3 is 10.8 Å². The zero-order valence-corrected chi connectivity index (χ0v) is 8.38. The third-order valence-corrected chi connectivity index (χ3v) is 3.92. The van der Waals surface area contributed by atoms with Gasteiger partial charge in [0.2, 0.25) is 0 Å². The number of aliphatic carboxylic acids is 1. The fraction of sp³-hybridized carbons (Fsp3) is 0.167. The van der Waals surface area contributed by atoms with E-state index in [0.29, 0.717) is 11.3 Å². The van der Waals surface area contributed by atoms with Crippen LogP contribution in [-0.2, 0) is 14.9 Å². The summed E-state index contributed by atoms with van der Waals surface area (Å²) in [5, 5.41) is 8.52. The van der Waals surface area contributed by atoms with Crippen molar-refractivity contribution in [2.75, 3.05) is 0 Å². The molecule has 8 heteroatoms. The molecule has 0 aliphatic carbocycles. The van der Waals surface area contributed by atoms with E-state index in [1.807, 2.05) is 0 Å². The summed E-state index contributed by atoms with van der Waals surface area (Å²) in [6.07, 6.45) is 0. The maximum Gasteiger partial charge on any atom is 0.325 e. The van der Waals surface area contributed by atoms with Crippen LogP contribution in [0.15, 0.2) is 16.3 Å². The molecule has 1 rings (SSSR count). The molecule has 0 aliphatic heterocycles. The molecule has 0 aliphatic rings. The number of nitrogens with two attached hydrogens (primary N) is 1. The summed E-state index contributed by atoms with van der Waals surface area (Å²) in [5.41, 5.74) is 5.23. The fourth-order valence-corrected chi connectivity index (χ4v) is 2.44. The Labute approximate surface area is 83.7 Å². The lowest BCUT2D eigenvalue weighted by molar-refractivity contribution is -0.138. The molecule has 14 heavy (non-hydrogen) atoms. The first-order valence-corrected chi connectivity index (χ1v) is 5.63. The molecule has 0 radical (unpaired) electrons. The molecule has 1 aromatic rings. The first kappa shape index (κ1) is 11.1. The van der Waals surface area contributed by atoms with Crippen molar-refractivity contribution < 1.29 is 22.9 Å². The lowest BCUT2D eigenvalue weighted by Gasteiger charge is -2.00. The lowest BCUT2D eigenvalue weighted by atomic mass is 10.3. The first-order valence-electron chi connectivity index (χ1n) is 3.38. The van der Waals surface area contributed by atoms with Crippen molar-refractivity contribution in [3.63, 3.8) is 0 Å². The Morgan fingerprint density at radius 3 is 2.43 bits per heavy atom. The third kappa shape index (κ3) is 2.29. The molecular weight excluding hydrogens is 230 g/mol. The van der Waals surface area contributed by atoms with E-state index in [9.17, 15) is 13.2 Å². The van der Waals surface area contributed by atoms with Gasteiger partial charge in [-0.1, -0.05) is 0 Å². The van der Waals surface area contributed by atoms with Gasteiger partial charge >= 0.3 is 16.1 Å². The highest BCUT2D eigenvalue weighted by Gasteiger charge is 2.20. The molecule has 1 heterocycles. The second-order valence-electron chi connectivity index (χ2n) is 2.45. The highest BCUT2D eigenvalue weighted by molar-refractivity contribution is 7.88. The van der Waals surface area contributed by atoms with Crippen molar-refractivity contribution in [2.24, 2.45) is 5.73 Å². The quantitative estimate of drug-likeness (QED) is 0.641. The van der Waals surface area contributed by atoms with Crippen molar-refractivity contribution in [3.8, 4) is 0 Å². The zero-order valence-electron chi connectivity index (χ0n) is 6.75. The predicted octanol–water partition coefficient (Wildman–Crippen LogP) is 0.0792. The van der Waals surface area contributed by atoms with Crippen LogP contribution in [0.4, 0.5) is 0 Å². The minimum atomic E-state index is -4.27. The van der Waals surface area contributed by atoms with Crippen molar-refractivity contribution >= 4 is 27.4 Å². The van der Waals surface area contributed by atoms with E-state index in [2.05, 4.69) is 0 Å². The average molecular weight is 237 g/mol. The topological polar surface area (TPSA) is 118 Å². The molecule has 0 bridgehead atoms. The molecule has 0 saturated heterocycles. The Morgan fingerprint density at radius 1 is 1.50 bits per heavy atom. The normalized spacial score (nSPS) is 13.9. The number of carbonyl (C=O) groups is 1. The Kier molecular flexibility index (Phi) is 2.90. The number of carboxylic acid groups (broad SMARTS) is 1. The van der Waals surface area contributed by atoms with Crippen LogP contribution in [0, 0.1) is 0 Å². The molecule has 1 atom stereocenters. The molecule has 0 saturated carbocycles. The Bertz CT molecular complexity index is 449. The van der Waals surface area contributed by atoms with E-state index in [-0.39, 0.29) is 9.09 Å². The minimum Gasteiger partial charge on any atom is -0.480 e. The zero-order chi connectivity index (χ0) is 10.9. The van der Waals surface area contributed by atoms with Crippen LogP contribution in [0.2, 0.25) is 0 Å². The van der Waals surface area contributed by atoms with E-state index in [1.54, 1.807) is 0 Å². The molecule has 0 amide bonds. The van der Waals surface area contributed by atoms with Crippen LogP contribution >= 0.6 is 11.3 Å². The fourth-order valence-electron chi connectivity index (χ4n) is 0.762. The van der Waals surface area contributed by atoms with Gasteiger partial charge in [-0.3, -0.25) is 9.35 Å². The number of hydrogen-bond donors (Lipinski definition) is 3. The van der Waals surface area contributed by atoms with E-state index in [0.717, 1.165) is 6.07 Å². The highest BCUT2D eigenvalue weighted by atomic mass is 32.3. The predicted molar refractivity (Wildman–Crippen MR) is 48.7 cm³/mol. The molecule has 0 spiro atoms. The maximum atomic E-state index is 10.6. The summed E-state index contributed by atoms with van der Waals surface area (Å²) in [7, 11) is -4.27. The van der Waals surface area contributed by atoms with Gasteiger partial charge in [0.25, 0.3) is 0 Å². The molecule has 1 aromatic heterocycles. The third-order valence-electron chi connectivity index (χ3n) is 1.43. The second kappa shape index (κ2) is 3.65. The Hall–Kier alpha value is -0.960. The summed E-state index contributed by atoms with van der Waals surface area (Å²) in [6.45, 7) is 0. The largest absolute Gasteiger partial charge is 0.480 e. The van der Waals surface area contributed by atoms with Gasteiger partial charge in [0.1, 0.15) is 10.3 Å². The number of thiophene rings is 1. The van der Waals surface area contributed by atoms with Gasteiger partial charge in [-0.2, -0.15) is 8.42 Å². The number of hydrogen-bond acceptors (Lipinski definition) is 5. The van der Waals surface area contributed by atoms with Gasteiger partial charge in [-0.15, -0.1) is 11.3 Å². The monoisotopic (exact) mass is 237 g/mol. The molecule has 78 valence electrons. The summed E-state index contributed by atoms with van der Waals surface area (Å²) in [6, 6.07) is 1.10. The standard InChI is InChI=1S/C6H7NO5S2/c7-5(6(8)9)3-1-2-4(13-3)14(10,11)12/h1-2,5H,7H2,(H,8,9)(H,10,11,12)/t5-/m0/s1. The molecule has 4 N–H and O–H groups in total. The Balaban J connectivity index is 3.06. The Morgan fingerprint density at radius 2 is 2.07 bits per heavy atom. The van der Waals surface area contributed by atoms with E-state index < -0.39 is 22.1 Å². The van der Waals surface area contributed by atoms with Crippen LogP contribution in [-0.4, -0.2) is 24.0 Å². The molecule has 0 aromatic carbocycles. The maximum absolute atomic E-state index is 10.6. The van der Waals surface area contributed by atoms with Crippen molar-refractivity contribution in [2.45, 2.75) is 10.3 Å². The van der Waals surface area contributed by atoms with Gasteiger partial charge in [-0.25, -0.2) is 0 Å². The molecule has 6 nitrogen and oxygen atoms in total. The van der Waals surface area contributed by atoms with Gasteiger partial charge in [0.05, 0.1) is 0 Å². The smallest absolute Gasteiger partial charge is 0.325 e. The summed E-state index contributed by atoms with van der Waals surface area (Å²) in [5.74, 6) is -1.26. The summed E-state index contributed by atoms with van der Waals surface area (Å²) >= 11 is 0.632. The second-order valence-corrected chi connectivity index (χ2v) is 5.21. The summed E-state index contributed by atoms with van der Waals surface area (Å²) < 4.78 is 29.5. The first-order chi connectivity index (χ1) is 6.32. The van der Waals surface area contributed by atoms with Crippen LogP contribution in [0.1, 0.15) is 10.9 Å². The molecule has 0 fully saturated rings. The lowest BCUT2D eigenvalue weighted by Crippen LogP contribution is -2.19. The van der Waals surface area contributed by atoms with Crippen LogP contribution in [0.25, 0.3) is 0 Å². The van der Waals surface area contributed by atoms with Gasteiger partial charge in [0, 0.05) is 4.88 Å². The molecular formula is C6H7NO5S2. The van der Waals surface area contributed by atoms with Gasteiger partial charge in [-0.05, 0) is 12.1 Å². The van der Waals surface area contributed by atoms with E-state index in [4.69, 9.17) is 15.4 Å². The SMILES string of the molecule is N[C@H](C(=O)O)c1ccc(S(=O)(=O)O)s1. The number of rotatable bonds is 3. The van der Waals surface area contributed by atoms with Gasteiger partial charge in [0.15, 0.2) is 0 Å². The number of carboxylic acids is 1. The van der Waals surface area contributed by atoms with E-state index in [1.165, 1.54) is 6.07 Å². The van der Waals surface area contributed by atoms with Crippen molar-refractivity contribution in [1.82, 2.24) is 0 Å². The van der Waals surface area contributed by atoms with Crippen molar-refractivity contribution in [1.29, 1.82) is 0 Å². The average Bonchev–Trinajstić information content (AvgIpc) is 2.49. The van der Waals surface area contributed by atoms with Crippen molar-refractivity contribution in [3.05, 3.63) is 17.0 Å². The minimum absolute atomic E-state index is 0.171. The molecule has 0 unspecified atom stereocenters. The summed E-state index contributed by atoms with van der Waals surface area (Å²) in [4.78, 5) is 10.6. The van der Waals surface area contributed by atoms with Crippen LogP contribution in [0.3, 0.4) is 0 Å². The highest BCUT2D eigenvalue weighted by Crippen LogP contribution is 2.25.